The van der Waals surface area contributed by atoms with Crippen molar-refractivity contribution in [1.82, 2.24) is 9.58 Å². The fraction of sp³-hybridized carbons (Fsp3) is 0.400. The summed E-state index contributed by atoms with van der Waals surface area (Å²) in [5, 5.41) is 2.43. The Kier molecular flexibility index (Phi) is 3.60. The molecule has 0 bridgehead atoms. The molecule has 3 rings (SSSR count). The number of rotatable bonds is 2. The Balaban J connectivity index is 2.07. The van der Waals surface area contributed by atoms with Crippen LogP contribution in [0.15, 0.2) is 24.3 Å². The van der Waals surface area contributed by atoms with Gasteiger partial charge >= 0.3 is 6.18 Å². The standard InChI is InChI=1S/C15H16F3N3O/c1-19-4-6-20(7-5-19)21-13(10-22)9-11-8-12(15(16,17)18)2-3-14(11)21/h2-3,8-10H,4-7H2,1H3. The lowest BCUT2D eigenvalue weighted by molar-refractivity contribution is -0.137. The molecule has 2 heterocycles. The van der Waals surface area contributed by atoms with Crippen LogP contribution in [0, 0.1) is 0 Å². The fourth-order valence-corrected chi connectivity index (χ4v) is 2.79. The molecule has 1 aromatic heterocycles. The first-order valence-electron chi connectivity index (χ1n) is 7.02. The van der Waals surface area contributed by atoms with E-state index < -0.39 is 11.7 Å². The van der Waals surface area contributed by atoms with Crippen LogP contribution in [0.2, 0.25) is 0 Å². The van der Waals surface area contributed by atoms with Crippen LogP contribution in [0.25, 0.3) is 10.9 Å². The molecule has 0 saturated carbocycles. The van der Waals surface area contributed by atoms with Gasteiger partial charge in [-0.1, -0.05) is 0 Å². The van der Waals surface area contributed by atoms with Crippen LogP contribution in [-0.2, 0) is 6.18 Å². The molecule has 0 unspecified atom stereocenters. The topological polar surface area (TPSA) is 28.5 Å². The maximum Gasteiger partial charge on any atom is 0.416 e. The molecule has 118 valence electrons. The van der Waals surface area contributed by atoms with Crippen LogP contribution in [0.4, 0.5) is 13.2 Å². The molecule has 1 aliphatic heterocycles. The maximum absolute atomic E-state index is 12.8. The van der Waals surface area contributed by atoms with Gasteiger partial charge in [0.15, 0.2) is 6.29 Å². The summed E-state index contributed by atoms with van der Waals surface area (Å²) >= 11 is 0. The molecule has 0 spiro atoms. The second kappa shape index (κ2) is 5.31. The van der Waals surface area contributed by atoms with Gasteiger partial charge in [0, 0.05) is 31.6 Å². The Morgan fingerprint density at radius 3 is 2.36 bits per heavy atom. The third-order valence-corrected chi connectivity index (χ3v) is 4.01. The highest BCUT2D eigenvalue weighted by molar-refractivity contribution is 5.89. The van der Waals surface area contributed by atoms with E-state index in [0.717, 1.165) is 38.3 Å². The van der Waals surface area contributed by atoms with Crippen molar-refractivity contribution < 1.29 is 18.0 Å². The van der Waals surface area contributed by atoms with Gasteiger partial charge in [0.05, 0.1) is 11.1 Å². The predicted octanol–water partition coefficient (Wildman–Crippen LogP) is 2.36. The highest BCUT2D eigenvalue weighted by Gasteiger charge is 2.31. The van der Waals surface area contributed by atoms with Gasteiger partial charge < -0.3 is 9.91 Å². The minimum atomic E-state index is -4.38. The number of nitrogens with zero attached hydrogens (tertiary/aromatic N) is 3. The van der Waals surface area contributed by atoms with E-state index in [-0.39, 0.29) is 0 Å². The number of aldehydes is 1. The maximum atomic E-state index is 12.8. The number of halogens is 3. The highest BCUT2D eigenvalue weighted by Crippen LogP contribution is 2.32. The number of carbonyl (C=O) groups excluding carboxylic acids is 1. The van der Waals surface area contributed by atoms with Gasteiger partial charge in [-0.25, -0.2) is 0 Å². The van der Waals surface area contributed by atoms with Gasteiger partial charge in [0.25, 0.3) is 0 Å². The van der Waals surface area contributed by atoms with E-state index in [1.54, 1.807) is 4.68 Å². The lowest BCUT2D eigenvalue weighted by Gasteiger charge is -2.35. The number of fused-ring (bicyclic) bond motifs is 1. The summed E-state index contributed by atoms with van der Waals surface area (Å²) in [6.07, 6.45) is -3.70. The molecule has 1 aromatic carbocycles. The number of hydrogen-bond donors (Lipinski definition) is 0. The van der Waals surface area contributed by atoms with Crippen LogP contribution >= 0.6 is 0 Å². The van der Waals surface area contributed by atoms with Gasteiger partial charge in [0.1, 0.15) is 5.69 Å². The van der Waals surface area contributed by atoms with Gasteiger partial charge in [-0.2, -0.15) is 13.2 Å². The first-order valence-corrected chi connectivity index (χ1v) is 7.02. The minimum Gasteiger partial charge on any atom is -0.310 e. The Bertz CT molecular complexity index is 700. The fourth-order valence-electron chi connectivity index (χ4n) is 2.79. The van der Waals surface area contributed by atoms with Crippen molar-refractivity contribution >= 4 is 17.2 Å². The quantitative estimate of drug-likeness (QED) is 0.797. The molecular weight excluding hydrogens is 295 g/mol. The van der Waals surface area contributed by atoms with E-state index in [1.165, 1.54) is 12.1 Å². The van der Waals surface area contributed by atoms with Gasteiger partial charge in [-0.15, -0.1) is 0 Å². The summed E-state index contributed by atoms with van der Waals surface area (Å²) in [6, 6.07) is 5.10. The van der Waals surface area contributed by atoms with Crippen LogP contribution in [0.3, 0.4) is 0 Å². The smallest absolute Gasteiger partial charge is 0.310 e. The van der Waals surface area contributed by atoms with Gasteiger partial charge in [-0.3, -0.25) is 9.47 Å². The summed E-state index contributed by atoms with van der Waals surface area (Å²) in [5.41, 5.74) is 0.298. The lowest BCUT2D eigenvalue weighted by atomic mass is 10.1. The lowest BCUT2D eigenvalue weighted by Crippen LogP contribution is -2.50. The zero-order valence-electron chi connectivity index (χ0n) is 12.1. The average molecular weight is 311 g/mol. The van der Waals surface area contributed by atoms with Crippen molar-refractivity contribution in [2.75, 3.05) is 38.2 Å². The number of hydrogen-bond acceptors (Lipinski definition) is 3. The molecular formula is C15H16F3N3O. The van der Waals surface area contributed by atoms with Crippen molar-refractivity contribution in [3.63, 3.8) is 0 Å². The number of benzene rings is 1. The second-order valence-corrected chi connectivity index (χ2v) is 5.53. The minimum absolute atomic E-state index is 0.374. The monoisotopic (exact) mass is 311 g/mol. The summed E-state index contributed by atoms with van der Waals surface area (Å²) in [7, 11) is 2.02. The number of carbonyl (C=O) groups is 1. The van der Waals surface area contributed by atoms with E-state index in [4.69, 9.17) is 0 Å². The molecule has 0 atom stereocenters. The molecule has 22 heavy (non-hydrogen) atoms. The zero-order valence-corrected chi connectivity index (χ0v) is 12.1. The highest BCUT2D eigenvalue weighted by atomic mass is 19.4. The zero-order chi connectivity index (χ0) is 15.9. The average Bonchev–Trinajstić information content (AvgIpc) is 2.85. The molecule has 1 aliphatic rings. The number of aromatic nitrogens is 1. The largest absolute Gasteiger partial charge is 0.416 e. The molecule has 1 fully saturated rings. The summed E-state index contributed by atoms with van der Waals surface area (Å²) in [6.45, 7) is 3.14. The third kappa shape index (κ3) is 2.56. The van der Waals surface area contributed by atoms with E-state index in [2.05, 4.69) is 4.90 Å². The number of piperazine rings is 1. The first-order chi connectivity index (χ1) is 10.4. The van der Waals surface area contributed by atoms with Crippen LogP contribution < -0.4 is 5.01 Å². The molecule has 1 saturated heterocycles. The van der Waals surface area contributed by atoms with Crippen molar-refractivity contribution in [2.45, 2.75) is 6.18 Å². The van der Waals surface area contributed by atoms with Gasteiger partial charge in [0.2, 0.25) is 0 Å². The summed E-state index contributed by atoms with van der Waals surface area (Å²) in [4.78, 5) is 13.5. The third-order valence-electron chi connectivity index (χ3n) is 4.01. The van der Waals surface area contributed by atoms with Crippen molar-refractivity contribution in [2.24, 2.45) is 0 Å². The predicted molar refractivity (Wildman–Crippen MR) is 77.8 cm³/mol. The van der Waals surface area contributed by atoms with Crippen molar-refractivity contribution in [3.8, 4) is 0 Å². The van der Waals surface area contributed by atoms with E-state index in [1.807, 2.05) is 12.1 Å². The molecule has 0 aliphatic carbocycles. The molecule has 2 aromatic rings. The summed E-state index contributed by atoms with van der Waals surface area (Å²) in [5.74, 6) is 0. The molecule has 0 N–H and O–H groups in total. The SMILES string of the molecule is CN1CCN(n2c(C=O)cc3cc(C(F)(F)F)ccc32)CC1. The van der Waals surface area contributed by atoms with Crippen molar-refractivity contribution in [3.05, 3.63) is 35.5 Å². The van der Waals surface area contributed by atoms with Crippen LogP contribution in [0.5, 0.6) is 0 Å². The van der Waals surface area contributed by atoms with Crippen LogP contribution in [0.1, 0.15) is 16.1 Å². The first kappa shape index (κ1) is 14.9. The normalized spacial score (nSPS) is 17.2. The van der Waals surface area contributed by atoms with Crippen molar-refractivity contribution in [1.29, 1.82) is 0 Å². The van der Waals surface area contributed by atoms with E-state index in [9.17, 15) is 18.0 Å². The Labute approximate surface area is 125 Å². The van der Waals surface area contributed by atoms with E-state index >= 15 is 0 Å². The Morgan fingerprint density at radius 2 is 1.77 bits per heavy atom. The number of likely N-dealkylation sites (N-methyl/N-ethyl adjacent to an activating group) is 1. The Hall–Kier alpha value is -2.02. The number of alkyl halides is 3. The molecule has 7 heteroatoms. The molecule has 0 amide bonds. The van der Waals surface area contributed by atoms with E-state index in [0.29, 0.717) is 22.9 Å². The second-order valence-electron chi connectivity index (χ2n) is 5.53. The molecule has 0 radical (unpaired) electrons. The Morgan fingerprint density at radius 1 is 1.09 bits per heavy atom. The van der Waals surface area contributed by atoms with Gasteiger partial charge in [-0.05, 0) is 31.3 Å². The summed E-state index contributed by atoms with van der Waals surface area (Å²) < 4.78 is 40.2. The van der Waals surface area contributed by atoms with Crippen LogP contribution in [-0.4, -0.2) is 49.1 Å². The molecule has 4 nitrogen and oxygen atoms in total.